The maximum absolute atomic E-state index is 11.5. The third-order valence-electron chi connectivity index (χ3n) is 3.98. The van der Waals surface area contributed by atoms with Gasteiger partial charge in [0.1, 0.15) is 0 Å². The molecule has 0 spiro atoms. The molecule has 1 aromatic heterocycles. The number of hydrogen-bond donors (Lipinski definition) is 1. The lowest BCUT2D eigenvalue weighted by atomic mass is 10.1. The van der Waals surface area contributed by atoms with Gasteiger partial charge in [0, 0.05) is 42.6 Å². The number of carbonyl (C=O) groups is 2. The standard InChI is InChI=1S/C19H17N3O4/c1-22(2)13-6-4-12(5-7-13)21-17-14-9-11(18(23)24)3-8-16(14)20-10-15(17)19(25)26/h3-10H,1-2H3,(H,20,21)(H,23,24)(H,25,26)/p-2. The molecule has 3 rings (SSSR count). The fourth-order valence-electron chi connectivity index (χ4n) is 2.60. The van der Waals surface area contributed by atoms with Crippen molar-refractivity contribution >= 4 is 39.9 Å². The Morgan fingerprint density at radius 2 is 1.69 bits per heavy atom. The molecule has 0 fully saturated rings. The number of anilines is 3. The van der Waals surface area contributed by atoms with Gasteiger partial charge in [0.25, 0.3) is 0 Å². The molecule has 0 aliphatic rings. The third-order valence-corrected chi connectivity index (χ3v) is 3.98. The number of nitrogens with zero attached hydrogens (tertiary/aromatic N) is 2. The van der Waals surface area contributed by atoms with E-state index in [4.69, 9.17) is 0 Å². The Kier molecular flexibility index (Phi) is 4.45. The molecule has 1 heterocycles. The first-order valence-electron chi connectivity index (χ1n) is 7.76. The van der Waals surface area contributed by atoms with E-state index in [-0.39, 0.29) is 16.8 Å². The Labute approximate surface area is 149 Å². The highest BCUT2D eigenvalue weighted by Gasteiger charge is 2.12. The maximum atomic E-state index is 11.5. The summed E-state index contributed by atoms with van der Waals surface area (Å²) in [6.45, 7) is 0. The minimum absolute atomic E-state index is 0.0687. The molecular weight excluding hydrogens is 334 g/mol. The Balaban J connectivity index is 2.14. The van der Waals surface area contributed by atoms with Gasteiger partial charge in [0.05, 0.1) is 23.1 Å². The average Bonchev–Trinajstić information content (AvgIpc) is 2.61. The summed E-state index contributed by atoms with van der Waals surface area (Å²) in [7, 11) is 3.82. The molecule has 0 saturated carbocycles. The first-order valence-corrected chi connectivity index (χ1v) is 7.76. The molecule has 0 radical (unpaired) electrons. The number of carboxylic acids is 2. The average molecular weight is 349 g/mol. The molecule has 0 atom stereocenters. The summed E-state index contributed by atoms with van der Waals surface area (Å²) in [5, 5.41) is 26.0. The Bertz CT molecular complexity index is 992. The molecule has 0 bridgehead atoms. The normalized spacial score (nSPS) is 10.5. The summed E-state index contributed by atoms with van der Waals surface area (Å²) < 4.78 is 0. The quantitative estimate of drug-likeness (QED) is 0.725. The molecule has 0 saturated heterocycles. The van der Waals surface area contributed by atoms with E-state index in [1.165, 1.54) is 24.4 Å². The second-order valence-electron chi connectivity index (χ2n) is 5.92. The molecule has 7 heteroatoms. The minimum atomic E-state index is -1.41. The van der Waals surface area contributed by atoms with Gasteiger partial charge in [0.15, 0.2) is 0 Å². The number of rotatable bonds is 5. The number of pyridine rings is 1. The highest BCUT2D eigenvalue weighted by Crippen LogP contribution is 2.30. The number of carboxylic acid groups (broad SMARTS) is 2. The van der Waals surface area contributed by atoms with Crippen molar-refractivity contribution in [3.8, 4) is 0 Å². The number of fused-ring (bicyclic) bond motifs is 1. The van der Waals surface area contributed by atoms with Gasteiger partial charge in [-0.05, 0) is 42.0 Å². The molecule has 0 unspecified atom stereocenters. The smallest absolute Gasteiger partial charge is 0.0752 e. The van der Waals surface area contributed by atoms with Crippen LogP contribution in [0.25, 0.3) is 10.9 Å². The zero-order valence-electron chi connectivity index (χ0n) is 14.1. The molecule has 0 aliphatic heterocycles. The van der Waals surface area contributed by atoms with Crippen LogP contribution in [0.5, 0.6) is 0 Å². The summed E-state index contributed by atoms with van der Waals surface area (Å²) >= 11 is 0. The number of nitrogens with one attached hydrogen (secondary N) is 1. The molecule has 7 nitrogen and oxygen atoms in total. The van der Waals surface area contributed by atoms with Crippen molar-refractivity contribution in [2.24, 2.45) is 0 Å². The lowest BCUT2D eigenvalue weighted by Crippen LogP contribution is -2.24. The fraction of sp³-hybridized carbons (Fsp3) is 0.105. The third kappa shape index (κ3) is 3.27. The maximum Gasteiger partial charge on any atom is 0.0752 e. The summed E-state index contributed by atoms with van der Waals surface area (Å²) in [5.74, 6) is -2.77. The van der Waals surface area contributed by atoms with Crippen LogP contribution in [0, 0.1) is 0 Å². The first-order chi connectivity index (χ1) is 12.4. The van der Waals surface area contributed by atoms with E-state index in [2.05, 4.69) is 10.3 Å². The second kappa shape index (κ2) is 6.72. The molecule has 0 aliphatic carbocycles. The summed E-state index contributed by atoms with van der Waals surface area (Å²) in [4.78, 5) is 28.6. The molecule has 3 aromatic rings. The number of carbonyl (C=O) groups excluding carboxylic acids is 2. The molecular formula is C19H15N3O4-2. The van der Waals surface area contributed by atoms with Crippen LogP contribution in [0.3, 0.4) is 0 Å². The van der Waals surface area contributed by atoms with Gasteiger partial charge in [-0.2, -0.15) is 0 Å². The Morgan fingerprint density at radius 1 is 1.00 bits per heavy atom. The van der Waals surface area contributed by atoms with Gasteiger partial charge >= 0.3 is 0 Å². The molecule has 26 heavy (non-hydrogen) atoms. The number of benzene rings is 2. The van der Waals surface area contributed by atoms with Crippen molar-refractivity contribution in [3.05, 3.63) is 59.8 Å². The number of hydrogen-bond acceptors (Lipinski definition) is 7. The zero-order valence-corrected chi connectivity index (χ0v) is 14.1. The molecule has 132 valence electrons. The SMILES string of the molecule is CN(C)c1ccc(Nc2c(C(=O)[O-])cnc3ccc(C(=O)[O-])cc23)cc1. The van der Waals surface area contributed by atoms with Crippen molar-refractivity contribution in [3.63, 3.8) is 0 Å². The van der Waals surface area contributed by atoms with E-state index in [1.807, 2.05) is 31.1 Å². The second-order valence-corrected chi connectivity index (χ2v) is 5.92. The van der Waals surface area contributed by atoms with Crippen LogP contribution in [-0.4, -0.2) is 31.0 Å². The van der Waals surface area contributed by atoms with Crippen LogP contribution in [0.2, 0.25) is 0 Å². The highest BCUT2D eigenvalue weighted by molar-refractivity contribution is 6.06. The zero-order chi connectivity index (χ0) is 18.8. The Morgan fingerprint density at radius 3 is 2.27 bits per heavy atom. The van der Waals surface area contributed by atoms with E-state index in [1.54, 1.807) is 12.1 Å². The van der Waals surface area contributed by atoms with Gasteiger partial charge in [-0.1, -0.05) is 6.07 Å². The van der Waals surface area contributed by atoms with Crippen molar-refractivity contribution in [2.75, 3.05) is 24.3 Å². The predicted molar refractivity (Wildman–Crippen MR) is 94.5 cm³/mol. The lowest BCUT2D eigenvalue weighted by Gasteiger charge is -2.17. The summed E-state index contributed by atoms with van der Waals surface area (Å²) in [5.41, 5.74) is 2.06. The van der Waals surface area contributed by atoms with Crippen molar-refractivity contribution < 1.29 is 19.8 Å². The van der Waals surface area contributed by atoms with Crippen molar-refractivity contribution in [2.45, 2.75) is 0 Å². The largest absolute Gasteiger partial charge is 0.545 e. The van der Waals surface area contributed by atoms with E-state index in [9.17, 15) is 19.8 Å². The van der Waals surface area contributed by atoms with Gasteiger partial charge < -0.3 is 30.0 Å². The Hall–Kier alpha value is -3.61. The van der Waals surface area contributed by atoms with Gasteiger partial charge in [-0.15, -0.1) is 0 Å². The van der Waals surface area contributed by atoms with Crippen LogP contribution < -0.4 is 20.4 Å². The molecule has 0 amide bonds. The van der Waals surface area contributed by atoms with E-state index in [0.717, 1.165) is 5.69 Å². The van der Waals surface area contributed by atoms with E-state index >= 15 is 0 Å². The first kappa shape index (κ1) is 17.2. The minimum Gasteiger partial charge on any atom is -0.545 e. The van der Waals surface area contributed by atoms with Crippen LogP contribution >= 0.6 is 0 Å². The van der Waals surface area contributed by atoms with E-state index < -0.39 is 11.9 Å². The van der Waals surface area contributed by atoms with Crippen LogP contribution in [0.4, 0.5) is 17.1 Å². The number of aromatic nitrogens is 1. The van der Waals surface area contributed by atoms with Crippen molar-refractivity contribution in [1.82, 2.24) is 4.98 Å². The molecule has 2 aromatic carbocycles. The fourth-order valence-corrected chi connectivity index (χ4v) is 2.60. The van der Waals surface area contributed by atoms with Crippen LogP contribution in [0.15, 0.2) is 48.7 Å². The van der Waals surface area contributed by atoms with Crippen LogP contribution in [-0.2, 0) is 0 Å². The molecule has 1 N–H and O–H groups in total. The van der Waals surface area contributed by atoms with Crippen LogP contribution in [0.1, 0.15) is 20.7 Å². The summed E-state index contributed by atoms with van der Waals surface area (Å²) in [6, 6.07) is 11.5. The van der Waals surface area contributed by atoms with Gasteiger partial charge in [0.2, 0.25) is 0 Å². The topological polar surface area (TPSA) is 108 Å². The van der Waals surface area contributed by atoms with Gasteiger partial charge in [-0.3, -0.25) is 4.98 Å². The summed E-state index contributed by atoms with van der Waals surface area (Å²) in [6.07, 6.45) is 1.19. The monoisotopic (exact) mass is 349 g/mol. The lowest BCUT2D eigenvalue weighted by molar-refractivity contribution is -0.256. The van der Waals surface area contributed by atoms with E-state index in [0.29, 0.717) is 16.6 Å². The number of aromatic carboxylic acids is 2. The van der Waals surface area contributed by atoms with Crippen molar-refractivity contribution in [1.29, 1.82) is 0 Å². The predicted octanol–water partition coefficient (Wildman–Crippen LogP) is 0.771. The van der Waals surface area contributed by atoms with Gasteiger partial charge in [-0.25, -0.2) is 0 Å². The highest BCUT2D eigenvalue weighted by atomic mass is 16.4.